The Labute approximate surface area is 121 Å². The van der Waals surface area contributed by atoms with Crippen molar-refractivity contribution in [2.24, 2.45) is 0 Å². The number of methoxy groups -OCH3 is 1. The van der Waals surface area contributed by atoms with Crippen molar-refractivity contribution < 1.29 is 24.8 Å². The summed E-state index contributed by atoms with van der Waals surface area (Å²) in [4.78, 5) is 17.6. The topological polar surface area (TPSA) is 117 Å². The molecule has 2 heterocycles. The maximum atomic E-state index is 12.1. The predicted octanol–water partition coefficient (Wildman–Crippen LogP) is -2.11. The molecule has 0 aliphatic carbocycles. The zero-order valence-corrected chi connectivity index (χ0v) is 12.0. The van der Waals surface area contributed by atoms with E-state index in [2.05, 4.69) is 4.98 Å². The normalized spacial score (nSPS) is 32.4. The van der Waals surface area contributed by atoms with E-state index in [1.165, 1.54) is 13.3 Å². The van der Waals surface area contributed by atoms with Crippen LogP contribution in [-0.2, 0) is 9.47 Å². The molecule has 0 amide bonds. The first-order valence-corrected chi connectivity index (χ1v) is 6.33. The van der Waals surface area contributed by atoms with Gasteiger partial charge < -0.3 is 29.7 Å². The van der Waals surface area contributed by atoms with E-state index in [1.807, 2.05) is 0 Å². The van der Waals surface area contributed by atoms with Gasteiger partial charge >= 0.3 is 5.69 Å². The summed E-state index contributed by atoms with van der Waals surface area (Å²) < 4.78 is 11.3. The molecule has 1 aliphatic rings. The van der Waals surface area contributed by atoms with Gasteiger partial charge in [-0.15, -0.1) is 0 Å². The maximum Gasteiger partial charge on any atom is 0.351 e. The van der Waals surface area contributed by atoms with Gasteiger partial charge in [0.1, 0.15) is 18.0 Å². The number of anilines is 1. The molecule has 9 nitrogen and oxygen atoms in total. The number of aromatic nitrogens is 2. The molecule has 0 radical (unpaired) electrons. The van der Waals surface area contributed by atoms with Crippen LogP contribution in [0.2, 0.25) is 0 Å². The number of aliphatic hydroxyl groups excluding tert-OH is 2. The van der Waals surface area contributed by atoms with Gasteiger partial charge in [0.25, 0.3) is 0 Å². The highest BCUT2D eigenvalue weighted by Crippen LogP contribution is 2.38. The van der Waals surface area contributed by atoms with Crippen LogP contribution in [0.5, 0.6) is 0 Å². The Kier molecular flexibility index (Phi) is 4.30. The van der Waals surface area contributed by atoms with Crippen molar-refractivity contribution in [2.75, 3.05) is 32.7 Å². The van der Waals surface area contributed by atoms with E-state index in [-0.39, 0.29) is 0 Å². The Hall–Kier alpha value is -1.52. The van der Waals surface area contributed by atoms with Crippen LogP contribution in [-0.4, -0.2) is 70.7 Å². The van der Waals surface area contributed by atoms with Gasteiger partial charge in [-0.1, -0.05) is 0 Å². The first-order chi connectivity index (χ1) is 9.85. The van der Waals surface area contributed by atoms with Gasteiger partial charge in [0, 0.05) is 27.4 Å². The highest BCUT2D eigenvalue weighted by molar-refractivity contribution is 5.33. The van der Waals surface area contributed by atoms with Gasteiger partial charge in [-0.2, -0.15) is 4.98 Å². The summed E-state index contributed by atoms with van der Waals surface area (Å²) in [7, 11) is 4.64. The quantitative estimate of drug-likeness (QED) is 0.541. The van der Waals surface area contributed by atoms with Crippen molar-refractivity contribution in [3.05, 3.63) is 22.7 Å². The zero-order chi connectivity index (χ0) is 15.8. The Bertz CT molecular complexity index is 562. The second kappa shape index (κ2) is 5.70. The van der Waals surface area contributed by atoms with Crippen LogP contribution in [0.15, 0.2) is 17.1 Å². The fraction of sp³-hybridized carbons (Fsp3) is 0.667. The summed E-state index contributed by atoms with van der Waals surface area (Å²) in [6.45, 7) is -0.526. The SMILES string of the molecule is CO[C@@]1(O)[C@H](O)[C@@H](CO)O[C@H]1n1ccc(N(C)C)nc1=O. The van der Waals surface area contributed by atoms with Crippen LogP contribution < -0.4 is 10.6 Å². The van der Waals surface area contributed by atoms with Gasteiger partial charge in [0.15, 0.2) is 6.23 Å². The number of hydrogen-bond acceptors (Lipinski definition) is 8. The van der Waals surface area contributed by atoms with Crippen molar-refractivity contribution in [1.82, 2.24) is 9.55 Å². The van der Waals surface area contributed by atoms with Crippen LogP contribution in [0.1, 0.15) is 6.23 Å². The van der Waals surface area contributed by atoms with E-state index in [0.29, 0.717) is 5.82 Å². The Balaban J connectivity index is 2.43. The van der Waals surface area contributed by atoms with Crippen LogP contribution in [0.25, 0.3) is 0 Å². The van der Waals surface area contributed by atoms with Crippen molar-refractivity contribution >= 4 is 5.82 Å². The minimum Gasteiger partial charge on any atom is -0.394 e. The first-order valence-electron chi connectivity index (χ1n) is 6.33. The van der Waals surface area contributed by atoms with Crippen LogP contribution >= 0.6 is 0 Å². The van der Waals surface area contributed by atoms with Crippen molar-refractivity contribution in [2.45, 2.75) is 24.2 Å². The smallest absolute Gasteiger partial charge is 0.351 e. The molecule has 1 aromatic heterocycles. The number of rotatable bonds is 4. The number of hydrogen-bond donors (Lipinski definition) is 3. The second-order valence-electron chi connectivity index (χ2n) is 4.98. The standard InChI is InChI=1S/C12H19N3O6/c1-14(2)8-4-5-15(11(18)13-8)10-12(19,20-3)9(17)7(6-16)21-10/h4-5,7,9-10,16-17,19H,6H2,1-3H3/t7-,9-,10-,12+/m1/s1. The molecular formula is C12H19N3O6. The molecule has 1 saturated heterocycles. The Morgan fingerprint density at radius 1 is 1.57 bits per heavy atom. The summed E-state index contributed by atoms with van der Waals surface area (Å²) in [6, 6.07) is 1.56. The van der Waals surface area contributed by atoms with E-state index in [4.69, 9.17) is 14.6 Å². The molecule has 2 rings (SSSR count). The fourth-order valence-electron chi connectivity index (χ4n) is 2.21. The lowest BCUT2D eigenvalue weighted by molar-refractivity contribution is -0.265. The molecule has 118 valence electrons. The summed E-state index contributed by atoms with van der Waals surface area (Å²) in [5.41, 5.74) is -0.674. The summed E-state index contributed by atoms with van der Waals surface area (Å²) in [6.07, 6.45) is -2.50. The van der Waals surface area contributed by atoms with Crippen molar-refractivity contribution in [3.63, 3.8) is 0 Å². The lowest BCUT2D eigenvalue weighted by Crippen LogP contribution is -2.50. The average molecular weight is 301 g/mol. The third kappa shape index (κ3) is 2.54. The van der Waals surface area contributed by atoms with E-state index >= 15 is 0 Å². The minimum atomic E-state index is -2.15. The number of ether oxygens (including phenoxy) is 2. The molecule has 0 saturated carbocycles. The van der Waals surface area contributed by atoms with E-state index in [0.717, 1.165) is 4.57 Å². The summed E-state index contributed by atoms with van der Waals surface area (Å²) >= 11 is 0. The lowest BCUT2D eigenvalue weighted by Gasteiger charge is -2.29. The van der Waals surface area contributed by atoms with Gasteiger partial charge in [-0.3, -0.25) is 4.57 Å². The molecule has 3 N–H and O–H groups in total. The third-order valence-electron chi connectivity index (χ3n) is 3.47. The Morgan fingerprint density at radius 2 is 2.24 bits per heavy atom. The fourth-order valence-corrected chi connectivity index (χ4v) is 2.21. The van der Waals surface area contributed by atoms with Crippen LogP contribution in [0, 0.1) is 0 Å². The first kappa shape index (κ1) is 15.9. The number of aliphatic hydroxyl groups is 3. The molecule has 1 aromatic rings. The molecule has 0 unspecified atom stereocenters. The molecule has 9 heteroatoms. The number of nitrogens with zero attached hydrogens (tertiary/aromatic N) is 3. The molecular weight excluding hydrogens is 282 g/mol. The van der Waals surface area contributed by atoms with Crippen molar-refractivity contribution in [3.8, 4) is 0 Å². The molecule has 4 atom stereocenters. The predicted molar refractivity (Wildman–Crippen MR) is 71.8 cm³/mol. The van der Waals surface area contributed by atoms with Gasteiger partial charge in [-0.05, 0) is 6.07 Å². The maximum absolute atomic E-state index is 12.1. The average Bonchev–Trinajstić information content (AvgIpc) is 2.72. The van der Waals surface area contributed by atoms with E-state index in [1.54, 1.807) is 25.1 Å². The molecule has 0 aromatic carbocycles. The Morgan fingerprint density at radius 3 is 2.71 bits per heavy atom. The zero-order valence-electron chi connectivity index (χ0n) is 12.0. The van der Waals surface area contributed by atoms with Gasteiger partial charge in [-0.25, -0.2) is 4.79 Å². The molecule has 0 bridgehead atoms. The minimum absolute atomic E-state index is 0.439. The highest BCUT2D eigenvalue weighted by atomic mass is 16.7. The lowest BCUT2D eigenvalue weighted by atomic mass is 10.1. The van der Waals surface area contributed by atoms with Gasteiger partial charge in [0.05, 0.1) is 6.61 Å². The monoisotopic (exact) mass is 301 g/mol. The van der Waals surface area contributed by atoms with E-state index in [9.17, 15) is 15.0 Å². The van der Waals surface area contributed by atoms with Gasteiger partial charge in [0.2, 0.25) is 5.79 Å². The van der Waals surface area contributed by atoms with E-state index < -0.39 is 36.5 Å². The highest BCUT2D eigenvalue weighted by Gasteiger charge is 2.57. The molecule has 21 heavy (non-hydrogen) atoms. The molecule has 0 spiro atoms. The summed E-state index contributed by atoms with van der Waals surface area (Å²) in [5, 5.41) is 29.5. The summed E-state index contributed by atoms with van der Waals surface area (Å²) in [5.74, 6) is -1.71. The third-order valence-corrected chi connectivity index (χ3v) is 3.47. The van der Waals surface area contributed by atoms with Crippen molar-refractivity contribution in [1.29, 1.82) is 0 Å². The largest absolute Gasteiger partial charge is 0.394 e. The molecule has 1 aliphatic heterocycles. The molecule has 1 fully saturated rings. The second-order valence-corrected chi connectivity index (χ2v) is 4.98. The van der Waals surface area contributed by atoms with Crippen LogP contribution in [0.4, 0.5) is 5.82 Å². The van der Waals surface area contributed by atoms with Crippen LogP contribution in [0.3, 0.4) is 0 Å².